The minimum atomic E-state index is 0.338. The number of hydrogen-bond donors (Lipinski definition) is 1. The van der Waals surface area contributed by atoms with Crippen molar-refractivity contribution < 1.29 is 0 Å². The number of nitrogens with zero attached hydrogens (tertiary/aromatic N) is 1. The summed E-state index contributed by atoms with van der Waals surface area (Å²) in [5, 5.41) is 6.93. The fraction of sp³-hybridized carbons (Fsp3) is 0.235. The molecule has 0 saturated heterocycles. The predicted octanol–water partition coefficient (Wildman–Crippen LogP) is 4.95. The highest BCUT2D eigenvalue weighted by molar-refractivity contribution is 9.10. The number of halogens is 1. The van der Waals surface area contributed by atoms with E-state index in [1.807, 2.05) is 12.3 Å². The molecule has 2 heterocycles. The van der Waals surface area contributed by atoms with Crippen LogP contribution in [0.5, 0.6) is 0 Å². The second-order valence-corrected chi connectivity index (χ2v) is 6.91. The molecule has 1 unspecified atom stereocenters. The highest BCUT2D eigenvalue weighted by Crippen LogP contribution is 2.27. The van der Waals surface area contributed by atoms with Gasteiger partial charge in [-0.05, 0) is 52.3 Å². The van der Waals surface area contributed by atoms with Crippen LogP contribution in [-0.4, -0.2) is 11.5 Å². The minimum Gasteiger partial charge on any atom is -0.310 e. The standard InChI is InChI=1S/C17H17BrN2S/c1-2-19-17(10-15-9-14(18)11-21-15)13-5-6-16-12(8-13)4-3-7-20-16/h3-9,11,17,19H,2,10H2,1H3. The van der Waals surface area contributed by atoms with Crippen LogP contribution in [0.4, 0.5) is 0 Å². The van der Waals surface area contributed by atoms with E-state index in [-0.39, 0.29) is 0 Å². The largest absolute Gasteiger partial charge is 0.310 e. The number of likely N-dealkylation sites (N-methyl/N-ethyl adjacent to an activating group) is 1. The van der Waals surface area contributed by atoms with Gasteiger partial charge in [0.05, 0.1) is 5.52 Å². The van der Waals surface area contributed by atoms with E-state index in [0.29, 0.717) is 6.04 Å². The molecule has 1 atom stereocenters. The predicted molar refractivity (Wildman–Crippen MR) is 93.9 cm³/mol. The molecular weight excluding hydrogens is 344 g/mol. The third-order valence-corrected chi connectivity index (χ3v) is 5.23. The molecular formula is C17H17BrN2S. The third kappa shape index (κ3) is 3.51. The van der Waals surface area contributed by atoms with Gasteiger partial charge in [0.1, 0.15) is 0 Å². The van der Waals surface area contributed by atoms with Crippen molar-refractivity contribution in [2.45, 2.75) is 19.4 Å². The first-order valence-corrected chi connectivity index (χ1v) is 8.74. The van der Waals surface area contributed by atoms with E-state index >= 15 is 0 Å². The van der Waals surface area contributed by atoms with Crippen LogP contribution in [0.1, 0.15) is 23.4 Å². The summed E-state index contributed by atoms with van der Waals surface area (Å²) < 4.78 is 1.17. The molecule has 3 aromatic rings. The van der Waals surface area contributed by atoms with E-state index in [2.05, 4.69) is 68.9 Å². The molecule has 21 heavy (non-hydrogen) atoms. The van der Waals surface area contributed by atoms with E-state index in [4.69, 9.17) is 0 Å². The van der Waals surface area contributed by atoms with Gasteiger partial charge in [-0.1, -0.05) is 19.1 Å². The highest BCUT2D eigenvalue weighted by atomic mass is 79.9. The third-order valence-electron chi connectivity index (χ3n) is 3.51. The lowest BCUT2D eigenvalue weighted by atomic mass is 10.0. The molecule has 2 aromatic heterocycles. The zero-order valence-electron chi connectivity index (χ0n) is 11.8. The Morgan fingerprint density at radius 2 is 2.19 bits per heavy atom. The van der Waals surface area contributed by atoms with Gasteiger partial charge in [0.2, 0.25) is 0 Å². The van der Waals surface area contributed by atoms with Gasteiger partial charge in [0.25, 0.3) is 0 Å². The first-order valence-electron chi connectivity index (χ1n) is 7.07. The van der Waals surface area contributed by atoms with Gasteiger partial charge in [-0.2, -0.15) is 0 Å². The minimum absolute atomic E-state index is 0.338. The van der Waals surface area contributed by atoms with Gasteiger partial charge in [0.15, 0.2) is 0 Å². The number of nitrogens with one attached hydrogen (secondary N) is 1. The van der Waals surface area contributed by atoms with Gasteiger partial charge in [-0.3, -0.25) is 4.98 Å². The summed E-state index contributed by atoms with van der Waals surface area (Å²) in [4.78, 5) is 5.78. The molecule has 108 valence electrons. The Labute approximate surface area is 137 Å². The summed E-state index contributed by atoms with van der Waals surface area (Å²) in [6.07, 6.45) is 2.85. The van der Waals surface area contributed by atoms with Crippen molar-refractivity contribution in [2.75, 3.05) is 6.54 Å². The second-order valence-electron chi connectivity index (χ2n) is 5.00. The van der Waals surface area contributed by atoms with Gasteiger partial charge in [-0.15, -0.1) is 11.3 Å². The molecule has 3 rings (SSSR count). The van der Waals surface area contributed by atoms with Crippen molar-refractivity contribution in [3.63, 3.8) is 0 Å². The quantitative estimate of drug-likeness (QED) is 0.695. The second kappa shape index (κ2) is 6.69. The number of aromatic nitrogens is 1. The Hall–Kier alpha value is -1.23. The van der Waals surface area contributed by atoms with E-state index in [9.17, 15) is 0 Å². The maximum Gasteiger partial charge on any atom is 0.0702 e. The van der Waals surface area contributed by atoms with Crippen molar-refractivity contribution in [2.24, 2.45) is 0 Å². The van der Waals surface area contributed by atoms with Gasteiger partial charge in [-0.25, -0.2) is 0 Å². The molecule has 0 aliphatic heterocycles. The molecule has 4 heteroatoms. The molecule has 0 amide bonds. The number of hydrogen-bond acceptors (Lipinski definition) is 3. The lowest BCUT2D eigenvalue weighted by Crippen LogP contribution is -2.22. The Morgan fingerprint density at radius 1 is 1.29 bits per heavy atom. The SMILES string of the molecule is CCNC(Cc1cc(Br)cs1)c1ccc2ncccc2c1. The number of benzene rings is 1. The first kappa shape index (κ1) is 14.7. The van der Waals surface area contributed by atoms with Crippen LogP contribution in [0, 0.1) is 0 Å². The van der Waals surface area contributed by atoms with Crippen molar-refractivity contribution >= 4 is 38.2 Å². The monoisotopic (exact) mass is 360 g/mol. The molecule has 2 nitrogen and oxygen atoms in total. The van der Waals surface area contributed by atoms with Crippen molar-refractivity contribution in [3.05, 3.63) is 62.9 Å². The Balaban J connectivity index is 1.90. The number of thiophene rings is 1. The summed E-state index contributed by atoms with van der Waals surface area (Å²) in [5.74, 6) is 0. The van der Waals surface area contributed by atoms with Crippen LogP contribution in [0.2, 0.25) is 0 Å². The summed E-state index contributed by atoms with van der Waals surface area (Å²) in [5.41, 5.74) is 2.37. The summed E-state index contributed by atoms with van der Waals surface area (Å²) >= 11 is 5.33. The molecule has 0 spiro atoms. The van der Waals surface area contributed by atoms with Crippen LogP contribution >= 0.6 is 27.3 Å². The molecule has 0 bridgehead atoms. The molecule has 1 aromatic carbocycles. The van der Waals surface area contributed by atoms with Crippen molar-refractivity contribution in [1.82, 2.24) is 10.3 Å². The number of fused-ring (bicyclic) bond motifs is 1. The van der Waals surface area contributed by atoms with Crippen LogP contribution in [0.3, 0.4) is 0 Å². The van der Waals surface area contributed by atoms with E-state index < -0.39 is 0 Å². The molecule has 0 aliphatic carbocycles. The number of pyridine rings is 1. The normalized spacial score (nSPS) is 12.7. The molecule has 0 saturated carbocycles. The maximum absolute atomic E-state index is 4.39. The maximum atomic E-state index is 4.39. The van der Waals surface area contributed by atoms with E-state index in [1.165, 1.54) is 20.3 Å². The van der Waals surface area contributed by atoms with Crippen LogP contribution in [-0.2, 0) is 6.42 Å². The Kier molecular flexibility index (Phi) is 4.68. The lowest BCUT2D eigenvalue weighted by Gasteiger charge is -2.18. The molecule has 0 fully saturated rings. The van der Waals surface area contributed by atoms with Crippen molar-refractivity contribution in [1.29, 1.82) is 0 Å². The number of rotatable bonds is 5. The summed E-state index contributed by atoms with van der Waals surface area (Å²) in [6, 6.07) is 13.2. The topological polar surface area (TPSA) is 24.9 Å². The van der Waals surface area contributed by atoms with Gasteiger partial charge in [0, 0.05) is 38.8 Å². The van der Waals surface area contributed by atoms with Crippen LogP contribution in [0.15, 0.2) is 52.4 Å². The van der Waals surface area contributed by atoms with Crippen molar-refractivity contribution in [3.8, 4) is 0 Å². The Morgan fingerprint density at radius 3 is 2.95 bits per heavy atom. The smallest absolute Gasteiger partial charge is 0.0702 e. The first-order chi connectivity index (χ1) is 10.3. The van der Waals surface area contributed by atoms with E-state index in [1.54, 1.807) is 11.3 Å². The van der Waals surface area contributed by atoms with Crippen LogP contribution < -0.4 is 5.32 Å². The molecule has 1 N–H and O–H groups in total. The average molecular weight is 361 g/mol. The lowest BCUT2D eigenvalue weighted by molar-refractivity contribution is 0.554. The average Bonchev–Trinajstić information content (AvgIpc) is 2.91. The Bertz CT molecular complexity index is 738. The van der Waals surface area contributed by atoms with E-state index in [0.717, 1.165) is 18.5 Å². The molecule has 0 radical (unpaired) electrons. The fourth-order valence-electron chi connectivity index (χ4n) is 2.53. The zero-order chi connectivity index (χ0) is 14.7. The highest BCUT2D eigenvalue weighted by Gasteiger charge is 2.13. The van der Waals surface area contributed by atoms with Crippen LogP contribution in [0.25, 0.3) is 10.9 Å². The van der Waals surface area contributed by atoms with Gasteiger partial charge < -0.3 is 5.32 Å². The molecule has 0 aliphatic rings. The zero-order valence-corrected chi connectivity index (χ0v) is 14.2. The van der Waals surface area contributed by atoms with Gasteiger partial charge >= 0.3 is 0 Å². The fourth-order valence-corrected chi connectivity index (χ4v) is 4.03. The summed E-state index contributed by atoms with van der Waals surface area (Å²) in [6.45, 7) is 3.11. The summed E-state index contributed by atoms with van der Waals surface area (Å²) in [7, 11) is 0.